The summed E-state index contributed by atoms with van der Waals surface area (Å²) in [6, 6.07) is 7.45. The summed E-state index contributed by atoms with van der Waals surface area (Å²) in [4.78, 5) is 13.9. The molecule has 0 saturated carbocycles. The Morgan fingerprint density at radius 1 is 1.29 bits per heavy atom. The van der Waals surface area contributed by atoms with E-state index in [1.165, 1.54) is 0 Å². The molecule has 21 heavy (non-hydrogen) atoms. The lowest BCUT2D eigenvalue weighted by Gasteiger charge is -2.23. The molecular weight excluding hydrogens is 268 g/mol. The molecular formula is C16H24N2O3. The van der Waals surface area contributed by atoms with Gasteiger partial charge in [0, 0.05) is 19.5 Å². The Balaban J connectivity index is 2.65. The van der Waals surface area contributed by atoms with Crippen LogP contribution in [0.2, 0.25) is 0 Å². The van der Waals surface area contributed by atoms with Gasteiger partial charge in [-0.15, -0.1) is 0 Å². The van der Waals surface area contributed by atoms with Crippen LogP contribution in [-0.4, -0.2) is 40.9 Å². The first kappa shape index (κ1) is 17.0. The number of nitrogens with zero attached hydrogens (tertiary/aromatic N) is 2. The predicted molar refractivity (Wildman–Crippen MR) is 83.1 cm³/mol. The Morgan fingerprint density at radius 2 is 1.86 bits per heavy atom. The van der Waals surface area contributed by atoms with Crippen molar-refractivity contribution in [1.29, 1.82) is 0 Å². The van der Waals surface area contributed by atoms with E-state index in [2.05, 4.69) is 5.16 Å². The van der Waals surface area contributed by atoms with Crippen molar-refractivity contribution >= 4 is 11.6 Å². The molecule has 1 N–H and O–H groups in total. The normalized spacial score (nSPS) is 12.9. The van der Waals surface area contributed by atoms with Crippen molar-refractivity contribution in [3.63, 3.8) is 0 Å². The van der Waals surface area contributed by atoms with E-state index in [4.69, 9.17) is 9.94 Å². The molecule has 116 valence electrons. The summed E-state index contributed by atoms with van der Waals surface area (Å²) >= 11 is 0. The van der Waals surface area contributed by atoms with Gasteiger partial charge in [-0.1, -0.05) is 17.3 Å². The molecule has 0 radical (unpaired) electrons. The molecule has 1 aromatic rings. The topological polar surface area (TPSA) is 62.1 Å². The fraction of sp³-hybridized carbons (Fsp3) is 0.500. The van der Waals surface area contributed by atoms with Gasteiger partial charge in [-0.05, 0) is 45.4 Å². The zero-order chi connectivity index (χ0) is 15.8. The zero-order valence-electron chi connectivity index (χ0n) is 13.2. The Kier molecular flexibility index (Phi) is 6.72. The maximum atomic E-state index is 12.1. The van der Waals surface area contributed by atoms with Gasteiger partial charge in [0.1, 0.15) is 5.75 Å². The largest absolute Gasteiger partial charge is 0.481 e. The summed E-state index contributed by atoms with van der Waals surface area (Å²) < 4.78 is 5.68. The Morgan fingerprint density at radius 3 is 2.33 bits per heavy atom. The van der Waals surface area contributed by atoms with Crippen molar-refractivity contribution in [2.45, 2.75) is 40.2 Å². The molecule has 1 aromatic carbocycles. The number of benzene rings is 1. The molecule has 5 heteroatoms. The van der Waals surface area contributed by atoms with Crippen LogP contribution in [0.25, 0.3) is 0 Å². The fourth-order valence-corrected chi connectivity index (χ4v) is 2.06. The molecule has 0 fully saturated rings. The quantitative estimate of drug-likeness (QED) is 0.477. The number of oxime groups is 1. The van der Waals surface area contributed by atoms with Gasteiger partial charge in [0.2, 0.25) is 0 Å². The van der Waals surface area contributed by atoms with E-state index in [0.717, 1.165) is 5.56 Å². The van der Waals surface area contributed by atoms with E-state index < -0.39 is 6.10 Å². The second-order valence-corrected chi connectivity index (χ2v) is 4.93. The number of carbonyl (C=O) groups excluding carboxylic acids is 1. The van der Waals surface area contributed by atoms with Crippen LogP contribution in [-0.2, 0) is 11.2 Å². The molecule has 0 spiro atoms. The zero-order valence-corrected chi connectivity index (χ0v) is 13.2. The van der Waals surface area contributed by atoms with Gasteiger partial charge in [0.25, 0.3) is 5.91 Å². The second kappa shape index (κ2) is 8.29. The van der Waals surface area contributed by atoms with Crippen molar-refractivity contribution in [3.8, 4) is 5.75 Å². The van der Waals surface area contributed by atoms with Crippen molar-refractivity contribution < 1.29 is 14.7 Å². The van der Waals surface area contributed by atoms with E-state index in [-0.39, 0.29) is 5.91 Å². The summed E-state index contributed by atoms with van der Waals surface area (Å²) in [6.45, 7) is 8.79. The van der Waals surface area contributed by atoms with Crippen molar-refractivity contribution in [3.05, 3.63) is 29.8 Å². The SMILES string of the molecule is CCN(CC)C(=O)C(C)Oc1ccc(C/C(C)=N/O)cc1. The highest BCUT2D eigenvalue weighted by molar-refractivity contribution is 5.83. The lowest BCUT2D eigenvalue weighted by Crippen LogP contribution is -2.40. The van der Waals surface area contributed by atoms with Crippen molar-refractivity contribution in [2.24, 2.45) is 5.16 Å². The van der Waals surface area contributed by atoms with Gasteiger partial charge >= 0.3 is 0 Å². The molecule has 0 aliphatic heterocycles. The molecule has 1 atom stereocenters. The molecule has 1 unspecified atom stereocenters. The Labute approximate surface area is 126 Å². The number of hydrogen-bond acceptors (Lipinski definition) is 4. The van der Waals surface area contributed by atoms with Crippen LogP contribution in [0.3, 0.4) is 0 Å². The summed E-state index contributed by atoms with van der Waals surface area (Å²) in [6.07, 6.45) is 0.0848. The van der Waals surface area contributed by atoms with Crippen molar-refractivity contribution in [2.75, 3.05) is 13.1 Å². The first-order chi connectivity index (χ1) is 10.0. The van der Waals surface area contributed by atoms with Gasteiger partial charge in [-0.2, -0.15) is 0 Å². The van der Waals surface area contributed by atoms with Crippen LogP contribution < -0.4 is 4.74 Å². The highest BCUT2D eigenvalue weighted by Crippen LogP contribution is 2.15. The minimum absolute atomic E-state index is 0.00710. The molecule has 0 saturated heterocycles. The van der Waals surface area contributed by atoms with E-state index in [1.54, 1.807) is 18.7 Å². The van der Waals surface area contributed by atoms with E-state index in [9.17, 15) is 4.79 Å². The molecule has 1 rings (SSSR count). The number of likely N-dealkylation sites (N-methyl/N-ethyl adjacent to an activating group) is 1. The number of rotatable bonds is 7. The van der Waals surface area contributed by atoms with Crippen LogP contribution in [0.15, 0.2) is 29.4 Å². The minimum Gasteiger partial charge on any atom is -0.481 e. The first-order valence-electron chi connectivity index (χ1n) is 7.23. The molecule has 0 aromatic heterocycles. The number of ether oxygens (including phenoxy) is 1. The smallest absolute Gasteiger partial charge is 0.263 e. The average molecular weight is 292 g/mol. The number of hydrogen-bond donors (Lipinski definition) is 1. The van der Waals surface area contributed by atoms with E-state index in [1.807, 2.05) is 38.1 Å². The fourth-order valence-electron chi connectivity index (χ4n) is 2.06. The third kappa shape index (κ3) is 5.10. The Hall–Kier alpha value is -2.04. The van der Waals surface area contributed by atoms with Gasteiger partial charge in [0.05, 0.1) is 5.71 Å². The van der Waals surface area contributed by atoms with Gasteiger partial charge < -0.3 is 14.8 Å². The van der Waals surface area contributed by atoms with E-state index >= 15 is 0 Å². The van der Waals surface area contributed by atoms with Gasteiger partial charge in [-0.3, -0.25) is 4.79 Å². The average Bonchev–Trinajstić information content (AvgIpc) is 2.50. The highest BCUT2D eigenvalue weighted by atomic mass is 16.5. The molecule has 0 aliphatic rings. The van der Waals surface area contributed by atoms with Crippen LogP contribution >= 0.6 is 0 Å². The summed E-state index contributed by atoms with van der Waals surface area (Å²) in [5.41, 5.74) is 1.68. The summed E-state index contributed by atoms with van der Waals surface area (Å²) in [7, 11) is 0. The lowest BCUT2D eigenvalue weighted by molar-refractivity contribution is -0.137. The molecule has 5 nitrogen and oxygen atoms in total. The molecule has 0 heterocycles. The predicted octanol–water partition coefficient (Wildman–Crippen LogP) is 2.71. The molecule has 0 bridgehead atoms. The molecule has 1 amide bonds. The maximum Gasteiger partial charge on any atom is 0.263 e. The Bertz CT molecular complexity index is 479. The summed E-state index contributed by atoms with van der Waals surface area (Å²) in [5, 5.41) is 11.8. The lowest BCUT2D eigenvalue weighted by atomic mass is 10.1. The van der Waals surface area contributed by atoms with Gasteiger partial charge in [-0.25, -0.2) is 0 Å². The molecule has 0 aliphatic carbocycles. The highest BCUT2D eigenvalue weighted by Gasteiger charge is 2.19. The van der Waals surface area contributed by atoms with Crippen LogP contribution in [0.4, 0.5) is 0 Å². The van der Waals surface area contributed by atoms with Crippen LogP contribution in [0.5, 0.6) is 5.75 Å². The van der Waals surface area contributed by atoms with Gasteiger partial charge in [0.15, 0.2) is 6.10 Å². The van der Waals surface area contributed by atoms with Crippen LogP contribution in [0, 0.1) is 0 Å². The number of carbonyl (C=O) groups is 1. The monoisotopic (exact) mass is 292 g/mol. The third-order valence-electron chi connectivity index (χ3n) is 3.29. The van der Waals surface area contributed by atoms with Crippen LogP contribution in [0.1, 0.15) is 33.3 Å². The minimum atomic E-state index is -0.503. The third-order valence-corrected chi connectivity index (χ3v) is 3.29. The second-order valence-electron chi connectivity index (χ2n) is 4.93. The first-order valence-corrected chi connectivity index (χ1v) is 7.23. The van der Waals surface area contributed by atoms with Crippen molar-refractivity contribution in [1.82, 2.24) is 4.90 Å². The maximum absolute atomic E-state index is 12.1. The standard InChI is InChI=1S/C16H24N2O3/c1-5-18(6-2)16(19)13(4)21-15-9-7-14(8-10-15)11-12(3)17-20/h7-10,13,20H,5-6,11H2,1-4H3/b17-12+. The summed E-state index contributed by atoms with van der Waals surface area (Å²) in [5.74, 6) is 0.651. The number of amides is 1. The van der Waals surface area contributed by atoms with E-state index in [0.29, 0.717) is 31.0 Å².